The molecular formula is C18H30N2O. The second-order valence-electron chi connectivity index (χ2n) is 6.25. The average Bonchev–Trinajstić information content (AvgIpc) is 2.81. The van der Waals surface area contributed by atoms with E-state index in [0.717, 1.165) is 44.6 Å². The summed E-state index contributed by atoms with van der Waals surface area (Å²) in [5, 5.41) is 13.9. The van der Waals surface area contributed by atoms with E-state index in [4.69, 9.17) is 0 Å². The van der Waals surface area contributed by atoms with Crippen LogP contribution in [0.2, 0.25) is 0 Å². The summed E-state index contributed by atoms with van der Waals surface area (Å²) in [7, 11) is 0. The van der Waals surface area contributed by atoms with E-state index in [-0.39, 0.29) is 0 Å². The number of benzene rings is 1. The maximum absolute atomic E-state index is 10.2. The third-order valence-electron chi connectivity index (χ3n) is 4.85. The van der Waals surface area contributed by atoms with Crippen LogP contribution in [0.3, 0.4) is 0 Å². The fourth-order valence-corrected chi connectivity index (χ4v) is 3.65. The Morgan fingerprint density at radius 2 is 1.95 bits per heavy atom. The molecule has 2 atom stereocenters. The quantitative estimate of drug-likeness (QED) is 0.754. The first-order chi connectivity index (χ1) is 10.1. The van der Waals surface area contributed by atoms with Crippen LogP contribution >= 0.6 is 0 Å². The van der Waals surface area contributed by atoms with Crippen LogP contribution in [-0.2, 0) is 0 Å². The predicted molar refractivity (Wildman–Crippen MR) is 89.0 cm³/mol. The van der Waals surface area contributed by atoms with Crippen molar-refractivity contribution in [3.63, 3.8) is 0 Å². The first-order valence-electron chi connectivity index (χ1n) is 8.36. The lowest BCUT2D eigenvalue weighted by atomic mass is 9.97. The van der Waals surface area contributed by atoms with E-state index >= 15 is 0 Å². The van der Waals surface area contributed by atoms with Crippen molar-refractivity contribution >= 4 is 0 Å². The smallest absolute Gasteiger partial charge is 0.120 e. The van der Waals surface area contributed by atoms with Crippen molar-refractivity contribution in [2.45, 2.75) is 52.5 Å². The van der Waals surface area contributed by atoms with E-state index in [9.17, 15) is 5.11 Å². The summed E-state index contributed by atoms with van der Waals surface area (Å²) in [6.45, 7) is 13.3. The van der Waals surface area contributed by atoms with Gasteiger partial charge in [-0.05, 0) is 69.1 Å². The summed E-state index contributed by atoms with van der Waals surface area (Å²) in [5.41, 5.74) is 3.81. The zero-order chi connectivity index (χ0) is 15.4. The second-order valence-corrected chi connectivity index (χ2v) is 6.25. The Morgan fingerprint density at radius 1 is 1.24 bits per heavy atom. The highest BCUT2D eigenvalue weighted by molar-refractivity contribution is 5.50. The van der Waals surface area contributed by atoms with E-state index < -0.39 is 0 Å². The van der Waals surface area contributed by atoms with E-state index in [1.54, 1.807) is 0 Å². The number of fused-ring (bicyclic) bond motifs is 1. The Labute approximate surface area is 129 Å². The molecule has 1 aromatic rings. The highest BCUT2D eigenvalue weighted by atomic mass is 16.3. The maximum atomic E-state index is 10.2. The molecule has 21 heavy (non-hydrogen) atoms. The van der Waals surface area contributed by atoms with Gasteiger partial charge in [-0.3, -0.25) is 0 Å². The van der Waals surface area contributed by atoms with Gasteiger partial charge in [0.25, 0.3) is 0 Å². The van der Waals surface area contributed by atoms with Gasteiger partial charge >= 0.3 is 0 Å². The molecule has 3 heteroatoms. The summed E-state index contributed by atoms with van der Waals surface area (Å²) in [6, 6.07) is 4.19. The monoisotopic (exact) mass is 290 g/mol. The molecule has 0 saturated heterocycles. The van der Waals surface area contributed by atoms with Gasteiger partial charge in [0.15, 0.2) is 0 Å². The molecule has 0 heterocycles. The van der Waals surface area contributed by atoms with Gasteiger partial charge in [-0.15, -0.1) is 0 Å². The minimum absolute atomic E-state index is 0.312. The molecule has 0 spiro atoms. The van der Waals surface area contributed by atoms with Gasteiger partial charge in [0.2, 0.25) is 0 Å². The van der Waals surface area contributed by atoms with E-state index in [1.807, 2.05) is 12.1 Å². The lowest BCUT2D eigenvalue weighted by Gasteiger charge is -2.20. The lowest BCUT2D eigenvalue weighted by Crippen LogP contribution is -2.28. The highest BCUT2D eigenvalue weighted by Crippen LogP contribution is 2.45. The molecule has 0 aliphatic heterocycles. The number of phenols is 1. The van der Waals surface area contributed by atoms with Crippen LogP contribution in [0.1, 0.15) is 62.3 Å². The van der Waals surface area contributed by atoms with Gasteiger partial charge in [0.05, 0.1) is 0 Å². The summed E-state index contributed by atoms with van der Waals surface area (Å²) in [6.07, 6.45) is 2.26. The number of nitrogens with one attached hydrogen (secondary N) is 1. The third kappa shape index (κ3) is 3.58. The Morgan fingerprint density at radius 3 is 2.62 bits per heavy atom. The number of rotatable bonds is 7. The molecule has 0 radical (unpaired) electrons. The van der Waals surface area contributed by atoms with Gasteiger partial charge in [0.1, 0.15) is 5.75 Å². The Bertz CT molecular complexity index is 469. The molecule has 1 aliphatic rings. The van der Waals surface area contributed by atoms with Crippen LogP contribution in [-0.4, -0.2) is 36.2 Å². The molecule has 2 N–H and O–H groups in total. The van der Waals surface area contributed by atoms with Crippen LogP contribution in [0.25, 0.3) is 0 Å². The van der Waals surface area contributed by atoms with Crippen molar-refractivity contribution in [2.75, 3.05) is 26.2 Å². The first kappa shape index (κ1) is 16.3. The third-order valence-corrected chi connectivity index (χ3v) is 4.85. The van der Waals surface area contributed by atoms with Crippen LogP contribution in [0.5, 0.6) is 5.75 Å². The summed E-state index contributed by atoms with van der Waals surface area (Å²) in [5.74, 6) is 0.994. The molecule has 0 saturated carbocycles. The Hall–Kier alpha value is -1.06. The summed E-state index contributed by atoms with van der Waals surface area (Å²) in [4.78, 5) is 2.45. The van der Waals surface area contributed by atoms with Gasteiger partial charge in [0, 0.05) is 11.6 Å². The number of hydrogen-bond donors (Lipinski definition) is 2. The molecule has 0 fully saturated rings. The van der Waals surface area contributed by atoms with Gasteiger partial charge < -0.3 is 15.3 Å². The standard InChI is InChI=1S/C18H30N2O/c1-5-20(6-2)11-7-10-19-15-12-14(4)17-13(3)8-9-16(21)18(15)17/h8-9,14-15,19,21H,5-7,10-12H2,1-4H3. The van der Waals surface area contributed by atoms with Crippen molar-refractivity contribution in [1.82, 2.24) is 10.2 Å². The molecule has 1 aliphatic carbocycles. The van der Waals surface area contributed by atoms with Crippen molar-refractivity contribution < 1.29 is 5.11 Å². The molecule has 0 aromatic heterocycles. The van der Waals surface area contributed by atoms with Crippen LogP contribution in [0.15, 0.2) is 12.1 Å². The zero-order valence-corrected chi connectivity index (χ0v) is 13.9. The minimum Gasteiger partial charge on any atom is -0.508 e. The minimum atomic E-state index is 0.312. The van der Waals surface area contributed by atoms with Crippen LogP contribution < -0.4 is 5.32 Å². The van der Waals surface area contributed by atoms with Crippen LogP contribution in [0, 0.1) is 6.92 Å². The van der Waals surface area contributed by atoms with Crippen molar-refractivity contribution in [3.8, 4) is 5.75 Å². The molecule has 0 amide bonds. The maximum Gasteiger partial charge on any atom is 0.120 e. The van der Waals surface area contributed by atoms with Crippen molar-refractivity contribution in [3.05, 3.63) is 28.8 Å². The van der Waals surface area contributed by atoms with Crippen LogP contribution in [0.4, 0.5) is 0 Å². The summed E-state index contributed by atoms with van der Waals surface area (Å²) < 4.78 is 0. The van der Waals surface area contributed by atoms with Crippen molar-refractivity contribution in [1.29, 1.82) is 0 Å². The molecular weight excluding hydrogens is 260 g/mol. The molecule has 1 aromatic carbocycles. The average molecular weight is 290 g/mol. The number of hydrogen-bond acceptors (Lipinski definition) is 3. The predicted octanol–water partition coefficient (Wildman–Crippen LogP) is 3.57. The zero-order valence-electron chi connectivity index (χ0n) is 13.9. The van der Waals surface area contributed by atoms with E-state index in [0.29, 0.717) is 17.7 Å². The van der Waals surface area contributed by atoms with E-state index in [1.165, 1.54) is 11.1 Å². The fraction of sp³-hybridized carbons (Fsp3) is 0.667. The molecule has 0 bridgehead atoms. The molecule has 3 nitrogen and oxygen atoms in total. The summed E-state index contributed by atoms with van der Waals surface area (Å²) >= 11 is 0. The topological polar surface area (TPSA) is 35.5 Å². The fourth-order valence-electron chi connectivity index (χ4n) is 3.65. The second kappa shape index (κ2) is 7.28. The number of aromatic hydroxyl groups is 1. The lowest BCUT2D eigenvalue weighted by molar-refractivity contribution is 0.295. The van der Waals surface area contributed by atoms with Gasteiger partial charge in [-0.2, -0.15) is 0 Å². The molecule has 118 valence electrons. The molecule has 2 rings (SSSR count). The highest BCUT2D eigenvalue weighted by Gasteiger charge is 2.31. The molecule has 2 unspecified atom stereocenters. The number of aryl methyl sites for hydroxylation is 1. The SMILES string of the molecule is CCN(CC)CCCNC1CC(C)c2c(C)ccc(O)c21. The normalized spacial score (nSPS) is 21.0. The Kier molecular flexibility index (Phi) is 5.65. The number of phenolic OH excluding ortho intramolecular Hbond substituents is 1. The largest absolute Gasteiger partial charge is 0.508 e. The van der Waals surface area contributed by atoms with Gasteiger partial charge in [-0.25, -0.2) is 0 Å². The Balaban J connectivity index is 1.94. The van der Waals surface area contributed by atoms with Gasteiger partial charge in [-0.1, -0.05) is 26.8 Å². The first-order valence-corrected chi connectivity index (χ1v) is 8.36. The van der Waals surface area contributed by atoms with Crippen molar-refractivity contribution in [2.24, 2.45) is 0 Å². The van der Waals surface area contributed by atoms with E-state index in [2.05, 4.69) is 37.9 Å². The number of nitrogens with zero attached hydrogens (tertiary/aromatic N) is 1.